The number of quaternary nitrogens is 1. The average molecular weight is 310 g/mol. The van der Waals surface area contributed by atoms with Gasteiger partial charge in [-0.2, -0.15) is 0 Å². The van der Waals surface area contributed by atoms with Crippen LogP contribution in [0.3, 0.4) is 0 Å². The number of amides is 1. The van der Waals surface area contributed by atoms with Gasteiger partial charge >= 0.3 is 0 Å². The normalized spacial score (nSPS) is 17.3. The minimum Gasteiger partial charge on any atom is -0.383 e. The van der Waals surface area contributed by atoms with Gasteiger partial charge in [-0.15, -0.1) is 0 Å². The first-order valence-corrected chi connectivity index (χ1v) is 7.73. The molecule has 2 rings (SSSR count). The lowest BCUT2D eigenvalue weighted by atomic mass is 10.2. The first-order valence-electron chi connectivity index (χ1n) is 7.73. The van der Waals surface area contributed by atoms with Gasteiger partial charge in [0, 0.05) is 19.3 Å². The van der Waals surface area contributed by atoms with Gasteiger partial charge in [0.25, 0.3) is 5.91 Å². The maximum absolute atomic E-state index is 13.0. The maximum Gasteiger partial charge on any atom is 0.278 e. The van der Waals surface area contributed by atoms with Crippen LogP contribution in [0, 0.1) is 5.82 Å². The van der Waals surface area contributed by atoms with Crippen LogP contribution >= 0.6 is 0 Å². The van der Waals surface area contributed by atoms with Gasteiger partial charge in [-0.3, -0.25) is 4.79 Å². The number of carbonyl (C=O) groups excluding carboxylic acids is 1. The van der Waals surface area contributed by atoms with E-state index in [4.69, 9.17) is 4.74 Å². The highest BCUT2D eigenvalue weighted by atomic mass is 19.1. The van der Waals surface area contributed by atoms with E-state index in [-0.39, 0.29) is 17.8 Å². The van der Waals surface area contributed by atoms with Crippen molar-refractivity contribution in [3.8, 4) is 0 Å². The number of ether oxygens (including phenoxy) is 1. The van der Waals surface area contributed by atoms with E-state index >= 15 is 0 Å². The van der Waals surface area contributed by atoms with Crippen LogP contribution in [0.15, 0.2) is 24.3 Å². The molecule has 1 aliphatic rings. The minimum absolute atomic E-state index is 0.0628. The molecule has 0 aliphatic carbocycles. The molecular formula is C16H25FN3O2+. The molecule has 2 N–H and O–H groups in total. The lowest BCUT2D eigenvalue weighted by Crippen LogP contribution is -3.19. The Morgan fingerprint density at radius 3 is 2.59 bits per heavy atom. The molecule has 122 valence electrons. The minimum atomic E-state index is -0.214. The number of nitrogens with one attached hydrogen (secondary N) is 2. The van der Waals surface area contributed by atoms with Gasteiger partial charge in [0.15, 0.2) is 6.04 Å². The summed E-state index contributed by atoms with van der Waals surface area (Å²) >= 11 is 0. The van der Waals surface area contributed by atoms with Crippen molar-refractivity contribution in [3.05, 3.63) is 30.1 Å². The van der Waals surface area contributed by atoms with E-state index in [2.05, 4.69) is 10.2 Å². The average Bonchev–Trinajstić information content (AvgIpc) is 2.55. The van der Waals surface area contributed by atoms with E-state index in [0.29, 0.717) is 13.2 Å². The van der Waals surface area contributed by atoms with Crippen molar-refractivity contribution >= 4 is 11.6 Å². The number of piperazine rings is 1. The molecule has 1 aromatic rings. The predicted octanol–water partition coefficient (Wildman–Crippen LogP) is -0.318. The summed E-state index contributed by atoms with van der Waals surface area (Å²) in [6, 6.07) is 6.52. The molecule has 6 heteroatoms. The third-order valence-corrected chi connectivity index (χ3v) is 4.21. The Morgan fingerprint density at radius 1 is 1.36 bits per heavy atom. The highest BCUT2D eigenvalue weighted by Crippen LogP contribution is 2.14. The number of benzene rings is 1. The van der Waals surface area contributed by atoms with Gasteiger partial charge in [0.1, 0.15) is 5.82 Å². The molecule has 1 amide bonds. The standard InChI is InChI=1S/C16H24FN3O2/c1-13(16(21)18-7-12-22-2)19-8-10-20(11-9-19)15-5-3-14(17)4-6-15/h3-6,13H,7-12H2,1-2H3,(H,18,21)/p+1/t13-/m1/s1. The fraction of sp³-hybridized carbons (Fsp3) is 0.562. The molecule has 0 radical (unpaired) electrons. The number of anilines is 1. The van der Waals surface area contributed by atoms with Crippen molar-refractivity contribution in [1.29, 1.82) is 0 Å². The SMILES string of the molecule is COCCNC(=O)[C@@H](C)[NH+]1CCN(c2ccc(F)cc2)CC1. The molecule has 1 heterocycles. The maximum atomic E-state index is 13.0. The van der Waals surface area contributed by atoms with Gasteiger partial charge in [0.2, 0.25) is 0 Å². The monoisotopic (exact) mass is 310 g/mol. The van der Waals surface area contributed by atoms with Gasteiger partial charge < -0.3 is 19.9 Å². The van der Waals surface area contributed by atoms with E-state index in [9.17, 15) is 9.18 Å². The lowest BCUT2D eigenvalue weighted by molar-refractivity contribution is -0.914. The second-order valence-corrected chi connectivity index (χ2v) is 5.63. The van der Waals surface area contributed by atoms with Gasteiger partial charge in [-0.05, 0) is 31.2 Å². The van der Waals surface area contributed by atoms with Crippen molar-refractivity contribution in [2.45, 2.75) is 13.0 Å². The molecule has 0 bridgehead atoms. The van der Waals surface area contributed by atoms with Crippen LogP contribution < -0.4 is 15.1 Å². The topological polar surface area (TPSA) is 46.0 Å². The molecule has 5 nitrogen and oxygen atoms in total. The summed E-state index contributed by atoms with van der Waals surface area (Å²) in [6.07, 6.45) is 0. The summed E-state index contributed by atoms with van der Waals surface area (Å²) < 4.78 is 17.9. The Labute approximate surface area is 131 Å². The number of methoxy groups -OCH3 is 1. The van der Waals surface area contributed by atoms with E-state index in [1.807, 2.05) is 6.92 Å². The number of rotatable bonds is 6. The summed E-state index contributed by atoms with van der Waals surface area (Å²) in [5, 5.41) is 2.89. The van der Waals surface area contributed by atoms with Crippen LogP contribution in [0.2, 0.25) is 0 Å². The molecule has 1 saturated heterocycles. The Bertz CT molecular complexity index is 473. The van der Waals surface area contributed by atoms with Crippen molar-refractivity contribution in [2.24, 2.45) is 0 Å². The summed E-state index contributed by atoms with van der Waals surface area (Å²) in [4.78, 5) is 15.6. The summed E-state index contributed by atoms with van der Waals surface area (Å²) in [5.41, 5.74) is 1.04. The molecule has 0 unspecified atom stereocenters. The first kappa shape index (κ1) is 16.7. The Hall–Kier alpha value is -1.66. The molecule has 0 saturated carbocycles. The van der Waals surface area contributed by atoms with E-state index in [0.717, 1.165) is 31.9 Å². The highest BCUT2D eigenvalue weighted by Gasteiger charge is 2.28. The van der Waals surface area contributed by atoms with Crippen LogP contribution in [0.1, 0.15) is 6.92 Å². The Kier molecular flexibility index (Phi) is 6.15. The number of carbonyl (C=O) groups is 1. The van der Waals surface area contributed by atoms with Gasteiger partial charge in [0.05, 0.1) is 32.8 Å². The fourth-order valence-corrected chi connectivity index (χ4v) is 2.75. The quantitative estimate of drug-likeness (QED) is 0.708. The first-order chi connectivity index (χ1) is 10.6. The van der Waals surface area contributed by atoms with E-state index in [1.54, 1.807) is 19.2 Å². The summed E-state index contributed by atoms with van der Waals surface area (Å²) in [6.45, 7) is 6.59. The number of halogens is 1. The third-order valence-electron chi connectivity index (χ3n) is 4.21. The van der Waals surface area contributed by atoms with Crippen molar-refractivity contribution in [2.75, 3.05) is 51.3 Å². The Balaban J connectivity index is 1.81. The van der Waals surface area contributed by atoms with Crippen molar-refractivity contribution in [1.82, 2.24) is 5.32 Å². The van der Waals surface area contributed by atoms with Crippen molar-refractivity contribution in [3.63, 3.8) is 0 Å². The summed E-state index contributed by atoms with van der Waals surface area (Å²) in [7, 11) is 1.62. The van der Waals surface area contributed by atoms with Crippen LogP contribution in [-0.4, -0.2) is 58.4 Å². The van der Waals surface area contributed by atoms with E-state index in [1.165, 1.54) is 17.0 Å². The molecule has 22 heavy (non-hydrogen) atoms. The van der Waals surface area contributed by atoms with Gasteiger partial charge in [-0.25, -0.2) is 4.39 Å². The zero-order valence-corrected chi connectivity index (χ0v) is 13.3. The molecule has 1 aliphatic heterocycles. The molecule has 0 aromatic heterocycles. The van der Waals surface area contributed by atoms with E-state index < -0.39 is 0 Å². The largest absolute Gasteiger partial charge is 0.383 e. The molecule has 0 spiro atoms. The fourth-order valence-electron chi connectivity index (χ4n) is 2.75. The number of nitrogens with zero attached hydrogens (tertiary/aromatic N) is 1. The van der Waals surface area contributed by atoms with Crippen LogP contribution in [0.4, 0.5) is 10.1 Å². The summed E-state index contributed by atoms with van der Waals surface area (Å²) in [5.74, 6) is -0.142. The van der Waals surface area contributed by atoms with Crippen LogP contribution in [0.5, 0.6) is 0 Å². The van der Waals surface area contributed by atoms with Crippen LogP contribution in [-0.2, 0) is 9.53 Å². The lowest BCUT2D eigenvalue weighted by Gasteiger charge is -2.36. The second-order valence-electron chi connectivity index (χ2n) is 5.63. The zero-order valence-electron chi connectivity index (χ0n) is 13.3. The second kappa shape index (κ2) is 8.10. The molecular weight excluding hydrogens is 285 g/mol. The number of hydrogen-bond acceptors (Lipinski definition) is 3. The number of hydrogen-bond donors (Lipinski definition) is 2. The molecule has 1 aromatic carbocycles. The predicted molar refractivity (Wildman–Crippen MR) is 83.7 cm³/mol. The van der Waals surface area contributed by atoms with Crippen LogP contribution in [0.25, 0.3) is 0 Å². The Morgan fingerprint density at radius 2 is 2.00 bits per heavy atom. The zero-order chi connectivity index (χ0) is 15.9. The molecule has 1 fully saturated rings. The third kappa shape index (κ3) is 4.42. The van der Waals surface area contributed by atoms with Gasteiger partial charge in [-0.1, -0.05) is 0 Å². The molecule has 1 atom stereocenters. The highest BCUT2D eigenvalue weighted by molar-refractivity contribution is 5.79. The smallest absolute Gasteiger partial charge is 0.278 e. The van der Waals surface area contributed by atoms with Crippen molar-refractivity contribution < 1.29 is 18.8 Å².